The monoisotopic (exact) mass is 168 g/mol. The molecule has 0 aromatic heterocycles. The topological polar surface area (TPSA) is 46.3 Å². The van der Waals surface area contributed by atoms with Gasteiger partial charge in [0.15, 0.2) is 0 Å². The molecule has 0 aliphatic carbocycles. The minimum absolute atomic E-state index is 0.107. The largest absolute Gasteiger partial charge is 0.369 e. The lowest BCUT2D eigenvalue weighted by Gasteiger charge is -2.28. The Hall–Kier alpha value is -0.570. The lowest BCUT2D eigenvalue weighted by atomic mass is 9.99. The summed E-state index contributed by atoms with van der Waals surface area (Å²) >= 11 is 0. The maximum Gasteiger partial charge on any atom is 0.221 e. The summed E-state index contributed by atoms with van der Waals surface area (Å²) in [5.74, 6) is 0.0255. The van der Waals surface area contributed by atoms with E-state index in [-0.39, 0.29) is 11.8 Å². The van der Waals surface area contributed by atoms with Crippen molar-refractivity contribution >= 4 is 5.91 Å². The number of rotatable bonds is 1. The maximum absolute atomic E-state index is 10.9. The predicted molar refractivity (Wildman–Crippen MR) is 46.5 cm³/mol. The number of nitrogens with zero attached hydrogens (tertiary/aromatic N) is 1. The molecule has 0 saturated carbocycles. The predicted octanol–water partition coefficient (Wildman–Crippen LogP) is 0.346. The number of fused-ring (bicyclic) bond motifs is 1. The molecule has 0 unspecified atom stereocenters. The van der Waals surface area contributed by atoms with E-state index in [0.717, 1.165) is 13.0 Å². The van der Waals surface area contributed by atoms with Gasteiger partial charge in [-0.3, -0.25) is 9.69 Å². The normalized spacial score (nSPS) is 36.3. The van der Waals surface area contributed by atoms with Gasteiger partial charge < -0.3 is 5.73 Å². The van der Waals surface area contributed by atoms with E-state index in [9.17, 15) is 4.79 Å². The van der Waals surface area contributed by atoms with Crippen LogP contribution in [0.15, 0.2) is 0 Å². The van der Waals surface area contributed by atoms with Crippen molar-refractivity contribution in [2.75, 3.05) is 13.1 Å². The van der Waals surface area contributed by atoms with Gasteiger partial charge >= 0.3 is 0 Å². The van der Waals surface area contributed by atoms with E-state index in [1.54, 1.807) is 0 Å². The highest BCUT2D eigenvalue weighted by Crippen LogP contribution is 2.29. The lowest BCUT2D eigenvalue weighted by Crippen LogP contribution is -2.34. The fourth-order valence-electron chi connectivity index (χ4n) is 2.46. The molecule has 0 aromatic carbocycles. The number of carbonyl (C=O) groups excluding carboxylic acids is 1. The number of nitrogens with two attached hydrogens (primary N) is 1. The third kappa shape index (κ3) is 1.33. The third-order valence-electron chi connectivity index (χ3n) is 3.16. The SMILES string of the molecule is NC(=O)[C@H]1C[C@@H]2CCCCN2C1. The molecule has 3 heteroatoms. The van der Waals surface area contributed by atoms with Gasteiger partial charge in [0.25, 0.3) is 0 Å². The molecule has 2 fully saturated rings. The van der Waals surface area contributed by atoms with Crippen molar-refractivity contribution in [3.63, 3.8) is 0 Å². The molecule has 68 valence electrons. The van der Waals surface area contributed by atoms with Crippen LogP contribution in [0.1, 0.15) is 25.7 Å². The summed E-state index contributed by atoms with van der Waals surface area (Å²) in [5.41, 5.74) is 5.29. The Labute approximate surface area is 72.9 Å². The molecule has 2 aliphatic rings. The summed E-state index contributed by atoms with van der Waals surface area (Å²) in [7, 11) is 0. The molecule has 2 heterocycles. The minimum Gasteiger partial charge on any atom is -0.369 e. The summed E-state index contributed by atoms with van der Waals surface area (Å²) in [6, 6.07) is 0.663. The molecule has 2 rings (SSSR count). The zero-order chi connectivity index (χ0) is 8.55. The van der Waals surface area contributed by atoms with Crippen LogP contribution < -0.4 is 5.73 Å². The van der Waals surface area contributed by atoms with E-state index in [0.29, 0.717) is 6.04 Å². The summed E-state index contributed by atoms with van der Waals surface area (Å²) in [5, 5.41) is 0. The van der Waals surface area contributed by atoms with Crippen LogP contribution >= 0.6 is 0 Å². The quantitative estimate of drug-likeness (QED) is 0.614. The minimum atomic E-state index is -0.107. The van der Waals surface area contributed by atoms with Gasteiger partial charge in [0.05, 0.1) is 5.92 Å². The second-order valence-electron chi connectivity index (χ2n) is 3.98. The Balaban J connectivity index is 1.98. The second-order valence-corrected chi connectivity index (χ2v) is 3.98. The van der Waals surface area contributed by atoms with Crippen molar-refractivity contribution in [2.45, 2.75) is 31.7 Å². The van der Waals surface area contributed by atoms with Gasteiger partial charge in [-0.1, -0.05) is 6.42 Å². The highest BCUT2D eigenvalue weighted by Gasteiger charge is 2.35. The van der Waals surface area contributed by atoms with Crippen LogP contribution in [0.3, 0.4) is 0 Å². The van der Waals surface area contributed by atoms with E-state index in [2.05, 4.69) is 4.90 Å². The summed E-state index contributed by atoms with van der Waals surface area (Å²) in [6.07, 6.45) is 4.90. The fraction of sp³-hybridized carbons (Fsp3) is 0.889. The molecular formula is C9H16N2O. The molecule has 1 amide bonds. The maximum atomic E-state index is 10.9. The van der Waals surface area contributed by atoms with E-state index in [4.69, 9.17) is 5.73 Å². The Kier molecular flexibility index (Phi) is 2.05. The molecule has 0 radical (unpaired) electrons. The number of primary amides is 1. The number of amides is 1. The molecule has 0 spiro atoms. The molecular weight excluding hydrogens is 152 g/mol. The molecule has 2 saturated heterocycles. The van der Waals surface area contributed by atoms with E-state index in [1.807, 2.05) is 0 Å². The second kappa shape index (κ2) is 3.05. The van der Waals surface area contributed by atoms with Gasteiger partial charge in [0.1, 0.15) is 0 Å². The third-order valence-corrected chi connectivity index (χ3v) is 3.16. The first-order valence-electron chi connectivity index (χ1n) is 4.81. The smallest absolute Gasteiger partial charge is 0.221 e. The highest BCUT2D eigenvalue weighted by molar-refractivity contribution is 5.77. The van der Waals surface area contributed by atoms with Crippen molar-refractivity contribution in [3.8, 4) is 0 Å². The number of piperidine rings is 1. The van der Waals surface area contributed by atoms with E-state index < -0.39 is 0 Å². The van der Waals surface area contributed by atoms with Crippen molar-refractivity contribution in [1.29, 1.82) is 0 Å². The first-order valence-corrected chi connectivity index (χ1v) is 4.81. The molecule has 2 atom stereocenters. The Morgan fingerprint density at radius 1 is 1.42 bits per heavy atom. The molecule has 12 heavy (non-hydrogen) atoms. The first-order chi connectivity index (χ1) is 5.77. The summed E-state index contributed by atoms with van der Waals surface area (Å²) < 4.78 is 0. The average molecular weight is 168 g/mol. The number of hydrogen-bond acceptors (Lipinski definition) is 2. The van der Waals surface area contributed by atoms with Crippen molar-refractivity contribution in [1.82, 2.24) is 4.90 Å². The summed E-state index contributed by atoms with van der Waals surface area (Å²) in [6.45, 7) is 2.09. The zero-order valence-corrected chi connectivity index (χ0v) is 7.33. The van der Waals surface area contributed by atoms with Crippen molar-refractivity contribution in [3.05, 3.63) is 0 Å². The first kappa shape index (κ1) is 8.05. The highest BCUT2D eigenvalue weighted by atomic mass is 16.1. The molecule has 2 aliphatic heterocycles. The van der Waals surface area contributed by atoms with Crippen LogP contribution in [0, 0.1) is 5.92 Å². The summed E-state index contributed by atoms with van der Waals surface area (Å²) in [4.78, 5) is 13.4. The standard InChI is InChI=1S/C9H16N2O/c10-9(12)7-5-8-3-1-2-4-11(8)6-7/h7-8H,1-6H2,(H2,10,12)/t7-,8-/m0/s1. The van der Waals surface area contributed by atoms with Gasteiger partial charge in [-0.25, -0.2) is 0 Å². The molecule has 0 aromatic rings. The number of hydrogen-bond donors (Lipinski definition) is 1. The molecule has 0 bridgehead atoms. The van der Waals surface area contributed by atoms with Crippen molar-refractivity contribution in [2.24, 2.45) is 11.7 Å². The van der Waals surface area contributed by atoms with Crippen LogP contribution in [0.5, 0.6) is 0 Å². The average Bonchev–Trinajstić information content (AvgIpc) is 2.46. The molecule has 2 N–H and O–H groups in total. The van der Waals surface area contributed by atoms with Crippen LogP contribution in [-0.4, -0.2) is 29.9 Å². The van der Waals surface area contributed by atoms with Crippen LogP contribution in [0.4, 0.5) is 0 Å². The van der Waals surface area contributed by atoms with Gasteiger partial charge in [0.2, 0.25) is 5.91 Å². The van der Waals surface area contributed by atoms with Gasteiger partial charge in [0, 0.05) is 12.6 Å². The fourth-order valence-corrected chi connectivity index (χ4v) is 2.46. The van der Waals surface area contributed by atoms with Crippen LogP contribution in [0.25, 0.3) is 0 Å². The van der Waals surface area contributed by atoms with E-state index >= 15 is 0 Å². The molecule has 3 nitrogen and oxygen atoms in total. The number of carbonyl (C=O) groups is 1. The Morgan fingerprint density at radius 2 is 2.25 bits per heavy atom. The Morgan fingerprint density at radius 3 is 2.92 bits per heavy atom. The Bertz CT molecular complexity index is 179. The van der Waals surface area contributed by atoms with Gasteiger partial charge in [-0.05, 0) is 25.8 Å². The van der Waals surface area contributed by atoms with Crippen molar-refractivity contribution < 1.29 is 4.79 Å². The van der Waals surface area contributed by atoms with Crippen LogP contribution in [-0.2, 0) is 4.79 Å². The van der Waals surface area contributed by atoms with E-state index in [1.165, 1.54) is 25.8 Å². The zero-order valence-electron chi connectivity index (χ0n) is 7.33. The lowest BCUT2D eigenvalue weighted by molar-refractivity contribution is -0.121. The van der Waals surface area contributed by atoms with Crippen LogP contribution in [0.2, 0.25) is 0 Å². The van der Waals surface area contributed by atoms with Gasteiger partial charge in [-0.15, -0.1) is 0 Å². The van der Waals surface area contributed by atoms with Gasteiger partial charge in [-0.2, -0.15) is 0 Å².